The zero-order valence-electron chi connectivity index (χ0n) is 18.7. The molecule has 0 spiro atoms. The van der Waals surface area contributed by atoms with Crippen LogP contribution in [-0.2, 0) is 16.6 Å². The average Bonchev–Trinajstić information content (AvgIpc) is 3.52. The Labute approximate surface area is 184 Å². The van der Waals surface area contributed by atoms with Gasteiger partial charge in [0.05, 0.1) is 5.56 Å². The molecular weight excluding hydrogens is 393 g/mol. The van der Waals surface area contributed by atoms with E-state index in [1.807, 2.05) is 37.2 Å². The van der Waals surface area contributed by atoms with E-state index in [0.29, 0.717) is 13.0 Å². The molecule has 0 saturated heterocycles. The van der Waals surface area contributed by atoms with E-state index in [4.69, 9.17) is 0 Å². The van der Waals surface area contributed by atoms with Crippen LogP contribution in [0.2, 0.25) is 0 Å². The van der Waals surface area contributed by atoms with E-state index in [1.54, 1.807) is 6.07 Å². The van der Waals surface area contributed by atoms with Gasteiger partial charge in [0.15, 0.2) is 0 Å². The fraction of sp³-hybridized carbons (Fsp3) is 0.440. The molecule has 2 amide bonds. The van der Waals surface area contributed by atoms with E-state index in [9.17, 15) is 14.0 Å². The summed E-state index contributed by atoms with van der Waals surface area (Å²) in [5.41, 5.74) is 1.99. The summed E-state index contributed by atoms with van der Waals surface area (Å²) >= 11 is 0. The van der Waals surface area contributed by atoms with Gasteiger partial charge in [0.25, 0.3) is 5.91 Å². The SMILES string of the molecule is CCC1(c2ccccc2)CC1C(=O)NC[C@H](Cc1ccc(C(=O)NC)c(F)c1)N(C)C. The summed E-state index contributed by atoms with van der Waals surface area (Å²) in [7, 11) is 5.37. The molecule has 5 nitrogen and oxygen atoms in total. The second-order valence-electron chi connectivity index (χ2n) is 8.59. The van der Waals surface area contributed by atoms with Gasteiger partial charge >= 0.3 is 0 Å². The minimum atomic E-state index is -0.535. The third-order valence-corrected chi connectivity index (χ3v) is 6.59. The van der Waals surface area contributed by atoms with Crippen LogP contribution < -0.4 is 10.6 Å². The third-order valence-electron chi connectivity index (χ3n) is 6.59. The molecule has 31 heavy (non-hydrogen) atoms. The fourth-order valence-electron chi connectivity index (χ4n) is 4.39. The molecule has 1 aliphatic carbocycles. The highest BCUT2D eigenvalue weighted by atomic mass is 19.1. The second kappa shape index (κ2) is 9.60. The summed E-state index contributed by atoms with van der Waals surface area (Å²) in [6.07, 6.45) is 2.38. The first-order valence-electron chi connectivity index (χ1n) is 10.8. The minimum Gasteiger partial charge on any atom is -0.355 e. The highest BCUT2D eigenvalue weighted by Gasteiger charge is 2.57. The summed E-state index contributed by atoms with van der Waals surface area (Å²) in [4.78, 5) is 26.6. The summed E-state index contributed by atoms with van der Waals surface area (Å²) in [6, 6.07) is 15.0. The van der Waals surface area contributed by atoms with Crippen molar-refractivity contribution < 1.29 is 14.0 Å². The highest BCUT2D eigenvalue weighted by molar-refractivity contribution is 5.94. The van der Waals surface area contributed by atoms with E-state index < -0.39 is 11.7 Å². The van der Waals surface area contributed by atoms with Gasteiger partial charge in [0.2, 0.25) is 5.91 Å². The lowest BCUT2D eigenvalue weighted by molar-refractivity contribution is -0.123. The summed E-state index contributed by atoms with van der Waals surface area (Å²) in [6.45, 7) is 2.62. The second-order valence-corrected chi connectivity index (χ2v) is 8.59. The Morgan fingerprint density at radius 1 is 1.19 bits per heavy atom. The molecule has 6 heteroatoms. The highest BCUT2D eigenvalue weighted by Crippen LogP contribution is 2.56. The first-order chi connectivity index (χ1) is 14.8. The molecule has 166 valence electrons. The van der Waals surface area contributed by atoms with Crippen molar-refractivity contribution in [3.8, 4) is 0 Å². The number of likely N-dealkylation sites (N-methyl/N-ethyl adjacent to an activating group) is 1. The molecule has 0 aliphatic heterocycles. The van der Waals surface area contributed by atoms with Gasteiger partial charge in [-0.2, -0.15) is 0 Å². The lowest BCUT2D eigenvalue weighted by Crippen LogP contribution is -2.42. The number of carbonyl (C=O) groups excluding carboxylic acids is 2. The molecule has 1 saturated carbocycles. The third kappa shape index (κ3) is 4.96. The Balaban J connectivity index is 1.62. The maximum atomic E-state index is 14.3. The van der Waals surface area contributed by atoms with E-state index in [1.165, 1.54) is 24.7 Å². The number of benzene rings is 2. The summed E-state index contributed by atoms with van der Waals surface area (Å²) in [5, 5.41) is 5.56. The molecule has 2 N–H and O–H groups in total. The van der Waals surface area contributed by atoms with E-state index >= 15 is 0 Å². The predicted octanol–water partition coefficient (Wildman–Crippen LogP) is 3.14. The summed E-state index contributed by atoms with van der Waals surface area (Å²) < 4.78 is 14.3. The standard InChI is InChI=1S/C25H32FN3O2/c1-5-25(18-9-7-6-8-10-18)15-21(25)24(31)28-16-19(29(3)4)13-17-11-12-20(22(26)14-17)23(30)27-2/h6-12,14,19,21H,5,13,15-16H2,1-4H3,(H,27,30)(H,28,31)/t19-,21?,25?/m0/s1. The largest absolute Gasteiger partial charge is 0.355 e. The number of carbonyl (C=O) groups is 2. The van der Waals surface area contributed by atoms with Gasteiger partial charge in [-0.1, -0.05) is 43.3 Å². The number of halogens is 1. The molecule has 0 radical (unpaired) electrons. The predicted molar refractivity (Wildman–Crippen MR) is 120 cm³/mol. The molecule has 0 aromatic heterocycles. The van der Waals surface area contributed by atoms with Gasteiger partial charge in [0, 0.05) is 31.0 Å². The lowest BCUT2D eigenvalue weighted by atomic mass is 9.90. The molecule has 3 atom stereocenters. The van der Waals surface area contributed by atoms with Crippen LogP contribution in [0.4, 0.5) is 4.39 Å². The molecule has 3 rings (SSSR count). The van der Waals surface area contributed by atoms with Gasteiger partial charge in [-0.3, -0.25) is 9.59 Å². The Morgan fingerprint density at radius 3 is 2.48 bits per heavy atom. The molecule has 1 fully saturated rings. The van der Waals surface area contributed by atoms with Crippen LogP contribution in [0.25, 0.3) is 0 Å². The van der Waals surface area contributed by atoms with Crippen molar-refractivity contribution in [3.63, 3.8) is 0 Å². The van der Waals surface area contributed by atoms with Crippen LogP contribution in [0.5, 0.6) is 0 Å². The van der Waals surface area contributed by atoms with Gasteiger partial charge in [-0.05, 0) is 56.6 Å². The van der Waals surface area contributed by atoms with Crippen LogP contribution in [0, 0.1) is 11.7 Å². The smallest absolute Gasteiger partial charge is 0.253 e. The van der Waals surface area contributed by atoms with Gasteiger partial charge in [-0.25, -0.2) is 4.39 Å². The van der Waals surface area contributed by atoms with Crippen molar-refractivity contribution in [1.29, 1.82) is 0 Å². The first-order valence-corrected chi connectivity index (χ1v) is 10.8. The van der Waals surface area contributed by atoms with E-state index in [2.05, 4.69) is 29.7 Å². The van der Waals surface area contributed by atoms with Crippen LogP contribution in [0.3, 0.4) is 0 Å². The molecule has 0 heterocycles. The van der Waals surface area contributed by atoms with Crippen molar-refractivity contribution >= 4 is 11.8 Å². The first kappa shape index (κ1) is 22.9. The number of hydrogen-bond donors (Lipinski definition) is 2. The molecular formula is C25H32FN3O2. The molecule has 2 unspecified atom stereocenters. The Morgan fingerprint density at radius 2 is 1.90 bits per heavy atom. The Bertz CT molecular complexity index is 932. The van der Waals surface area contributed by atoms with Gasteiger partial charge in [-0.15, -0.1) is 0 Å². The normalized spacial score (nSPS) is 20.9. The quantitative estimate of drug-likeness (QED) is 0.649. The van der Waals surface area contributed by atoms with Crippen molar-refractivity contribution in [2.75, 3.05) is 27.7 Å². The van der Waals surface area contributed by atoms with Crippen molar-refractivity contribution in [2.24, 2.45) is 5.92 Å². The summed E-state index contributed by atoms with van der Waals surface area (Å²) in [5.74, 6) is -0.902. The van der Waals surface area contributed by atoms with Crippen molar-refractivity contribution in [3.05, 3.63) is 71.0 Å². The minimum absolute atomic E-state index is 0.00741. The van der Waals surface area contributed by atoms with Crippen molar-refractivity contribution in [1.82, 2.24) is 15.5 Å². The number of hydrogen-bond acceptors (Lipinski definition) is 3. The molecule has 0 bridgehead atoms. The van der Waals surface area contributed by atoms with Crippen LogP contribution in [-0.4, -0.2) is 50.4 Å². The topological polar surface area (TPSA) is 61.4 Å². The van der Waals surface area contributed by atoms with Gasteiger partial charge < -0.3 is 15.5 Å². The molecule has 2 aromatic carbocycles. The molecule has 2 aromatic rings. The number of amides is 2. The fourth-order valence-corrected chi connectivity index (χ4v) is 4.39. The van der Waals surface area contributed by atoms with Crippen molar-refractivity contribution in [2.45, 2.75) is 37.6 Å². The van der Waals surface area contributed by atoms with Gasteiger partial charge in [0.1, 0.15) is 5.82 Å². The number of rotatable bonds is 9. The van der Waals surface area contributed by atoms with Crippen LogP contribution in [0.15, 0.2) is 48.5 Å². The zero-order chi connectivity index (χ0) is 22.6. The average molecular weight is 426 g/mol. The maximum absolute atomic E-state index is 14.3. The van der Waals surface area contributed by atoms with Crippen LogP contribution in [0.1, 0.15) is 41.3 Å². The zero-order valence-corrected chi connectivity index (χ0v) is 18.7. The monoisotopic (exact) mass is 425 g/mol. The lowest BCUT2D eigenvalue weighted by Gasteiger charge is -2.25. The van der Waals surface area contributed by atoms with E-state index in [0.717, 1.165) is 18.4 Å². The number of nitrogens with zero attached hydrogens (tertiary/aromatic N) is 1. The number of nitrogens with one attached hydrogen (secondary N) is 2. The Hall–Kier alpha value is -2.73. The maximum Gasteiger partial charge on any atom is 0.253 e. The molecule has 1 aliphatic rings. The van der Waals surface area contributed by atoms with Crippen LogP contribution >= 0.6 is 0 Å². The van der Waals surface area contributed by atoms with E-state index in [-0.39, 0.29) is 28.8 Å². The Kier molecular flexibility index (Phi) is 7.11.